The van der Waals surface area contributed by atoms with E-state index in [1.165, 1.54) is 13.5 Å². The van der Waals surface area contributed by atoms with E-state index >= 15 is 0 Å². The smallest absolute Gasteiger partial charge is 0.333 e. The number of hydrogen-bond acceptors (Lipinski definition) is 4. The lowest BCUT2D eigenvalue weighted by Crippen LogP contribution is -2.48. The van der Waals surface area contributed by atoms with Crippen molar-refractivity contribution in [2.24, 2.45) is 0 Å². The minimum Gasteiger partial charge on any atom is -0.466 e. The van der Waals surface area contributed by atoms with E-state index in [1.54, 1.807) is 7.11 Å². The fraction of sp³-hybridized carbons (Fsp3) is 0.769. The lowest BCUT2D eigenvalue weighted by atomic mass is 9.80. The van der Waals surface area contributed by atoms with Gasteiger partial charge in [0.15, 0.2) is 0 Å². The molecule has 4 heteroatoms. The van der Waals surface area contributed by atoms with Crippen LogP contribution >= 0.6 is 0 Å². The van der Waals surface area contributed by atoms with E-state index in [9.17, 15) is 4.79 Å². The molecule has 4 nitrogen and oxygen atoms in total. The van der Waals surface area contributed by atoms with Crippen molar-refractivity contribution < 1.29 is 14.3 Å². The fourth-order valence-electron chi connectivity index (χ4n) is 2.02. The Morgan fingerprint density at radius 1 is 1.41 bits per heavy atom. The average Bonchev–Trinajstić information content (AvgIpc) is 2.31. The van der Waals surface area contributed by atoms with E-state index in [0.29, 0.717) is 13.0 Å². The van der Waals surface area contributed by atoms with Gasteiger partial charge in [-0.1, -0.05) is 13.0 Å². The number of carbonyl (C=O) groups excluding carboxylic acids is 1. The van der Waals surface area contributed by atoms with Crippen LogP contribution in [-0.4, -0.2) is 38.9 Å². The zero-order valence-corrected chi connectivity index (χ0v) is 11.0. The van der Waals surface area contributed by atoms with Gasteiger partial charge >= 0.3 is 5.97 Å². The second-order valence-electron chi connectivity index (χ2n) is 4.45. The van der Waals surface area contributed by atoms with Gasteiger partial charge in [0.25, 0.3) is 0 Å². The summed E-state index contributed by atoms with van der Waals surface area (Å²) >= 11 is 0. The number of hydrogen-bond donors (Lipinski definition) is 1. The molecule has 1 N–H and O–H groups in total. The predicted octanol–water partition coefficient (Wildman–Crippen LogP) is 1.65. The van der Waals surface area contributed by atoms with Gasteiger partial charge in [0.2, 0.25) is 0 Å². The fourth-order valence-corrected chi connectivity index (χ4v) is 2.02. The van der Waals surface area contributed by atoms with Crippen molar-refractivity contribution >= 4 is 5.97 Å². The zero-order chi connectivity index (χ0) is 12.7. The third kappa shape index (κ3) is 3.82. The standard InChI is InChI=1S/C13H23NO3/c1-4-11(12(15)16-2)6-9-14-10-13(17-3)7-5-8-13/h6,14H,4-5,7-10H2,1-3H3. The molecule has 0 radical (unpaired) electrons. The Morgan fingerprint density at radius 3 is 2.53 bits per heavy atom. The van der Waals surface area contributed by atoms with Crippen LogP contribution in [0.4, 0.5) is 0 Å². The van der Waals surface area contributed by atoms with E-state index in [-0.39, 0.29) is 11.6 Å². The van der Waals surface area contributed by atoms with E-state index in [1.807, 2.05) is 13.0 Å². The van der Waals surface area contributed by atoms with E-state index < -0.39 is 0 Å². The summed E-state index contributed by atoms with van der Waals surface area (Å²) in [4.78, 5) is 11.3. The van der Waals surface area contributed by atoms with E-state index in [0.717, 1.165) is 25.0 Å². The first-order valence-electron chi connectivity index (χ1n) is 6.20. The van der Waals surface area contributed by atoms with Gasteiger partial charge in [0.1, 0.15) is 0 Å². The van der Waals surface area contributed by atoms with Crippen molar-refractivity contribution in [1.29, 1.82) is 0 Å². The van der Waals surface area contributed by atoms with Crippen LogP contribution in [0.3, 0.4) is 0 Å². The Bertz CT molecular complexity index is 277. The molecule has 0 aliphatic heterocycles. The molecule has 0 saturated heterocycles. The van der Waals surface area contributed by atoms with E-state index in [4.69, 9.17) is 9.47 Å². The predicted molar refractivity (Wildman–Crippen MR) is 66.9 cm³/mol. The lowest BCUT2D eigenvalue weighted by molar-refractivity contribution is -0.136. The van der Waals surface area contributed by atoms with Gasteiger partial charge in [0.05, 0.1) is 12.7 Å². The van der Waals surface area contributed by atoms with Crippen LogP contribution in [0.25, 0.3) is 0 Å². The van der Waals surface area contributed by atoms with Gasteiger partial charge in [-0.3, -0.25) is 0 Å². The summed E-state index contributed by atoms with van der Waals surface area (Å²) in [5, 5.41) is 3.31. The highest BCUT2D eigenvalue weighted by Gasteiger charge is 2.36. The zero-order valence-electron chi connectivity index (χ0n) is 11.0. The molecule has 98 valence electrons. The third-order valence-electron chi connectivity index (χ3n) is 3.47. The van der Waals surface area contributed by atoms with Crippen LogP contribution in [0.1, 0.15) is 32.6 Å². The summed E-state index contributed by atoms with van der Waals surface area (Å²) < 4.78 is 10.2. The second kappa shape index (κ2) is 6.77. The Morgan fingerprint density at radius 2 is 2.12 bits per heavy atom. The summed E-state index contributed by atoms with van der Waals surface area (Å²) in [6, 6.07) is 0. The maximum absolute atomic E-state index is 11.3. The van der Waals surface area contributed by atoms with Crippen molar-refractivity contribution in [2.45, 2.75) is 38.2 Å². The minimum atomic E-state index is -0.237. The average molecular weight is 241 g/mol. The van der Waals surface area contributed by atoms with Gasteiger partial charge in [-0.25, -0.2) is 4.79 Å². The first-order valence-corrected chi connectivity index (χ1v) is 6.20. The molecule has 0 aromatic carbocycles. The Labute approximate surface area is 103 Å². The monoisotopic (exact) mass is 241 g/mol. The van der Waals surface area contributed by atoms with E-state index in [2.05, 4.69) is 5.32 Å². The molecule has 0 aromatic heterocycles. The van der Waals surface area contributed by atoms with Crippen LogP contribution in [0.2, 0.25) is 0 Å². The van der Waals surface area contributed by atoms with Crippen molar-refractivity contribution in [2.75, 3.05) is 27.3 Å². The van der Waals surface area contributed by atoms with Gasteiger partial charge in [-0.05, 0) is 25.7 Å². The van der Waals surface area contributed by atoms with Crippen LogP contribution in [0.15, 0.2) is 11.6 Å². The highest BCUT2D eigenvalue weighted by Crippen LogP contribution is 2.34. The van der Waals surface area contributed by atoms with Crippen LogP contribution < -0.4 is 5.32 Å². The topological polar surface area (TPSA) is 47.6 Å². The molecule has 0 bridgehead atoms. The van der Waals surface area contributed by atoms with Crippen molar-refractivity contribution in [1.82, 2.24) is 5.32 Å². The molecule has 0 unspecified atom stereocenters. The summed E-state index contributed by atoms with van der Waals surface area (Å²) in [7, 11) is 3.18. The van der Waals surface area contributed by atoms with Crippen molar-refractivity contribution in [3.05, 3.63) is 11.6 Å². The first-order chi connectivity index (χ1) is 8.17. The molecule has 0 atom stereocenters. The molecule has 0 amide bonds. The maximum Gasteiger partial charge on any atom is 0.333 e. The third-order valence-corrected chi connectivity index (χ3v) is 3.47. The van der Waals surface area contributed by atoms with Crippen molar-refractivity contribution in [3.63, 3.8) is 0 Å². The van der Waals surface area contributed by atoms with Gasteiger partial charge in [-0.15, -0.1) is 0 Å². The summed E-state index contributed by atoms with van der Waals surface area (Å²) in [6.07, 6.45) is 6.08. The molecule has 1 fully saturated rings. The first kappa shape index (κ1) is 14.2. The highest BCUT2D eigenvalue weighted by atomic mass is 16.5. The van der Waals surface area contributed by atoms with Crippen molar-refractivity contribution in [3.8, 4) is 0 Å². The Hall–Kier alpha value is -0.870. The van der Waals surface area contributed by atoms with Crippen LogP contribution in [-0.2, 0) is 14.3 Å². The van der Waals surface area contributed by atoms with Gasteiger partial charge in [-0.2, -0.15) is 0 Å². The van der Waals surface area contributed by atoms with Crippen LogP contribution in [0.5, 0.6) is 0 Å². The summed E-state index contributed by atoms with van der Waals surface area (Å²) in [5.41, 5.74) is 0.756. The molecular formula is C13H23NO3. The molecule has 0 heterocycles. The number of esters is 1. The number of rotatable bonds is 7. The van der Waals surface area contributed by atoms with Crippen LogP contribution in [0, 0.1) is 0 Å². The molecule has 1 rings (SSSR count). The molecule has 1 saturated carbocycles. The number of ether oxygens (including phenoxy) is 2. The molecular weight excluding hydrogens is 218 g/mol. The number of methoxy groups -OCH3 is 2. The highest BCUT2D eigenvalue weighted by molar-refractivity contribution is 5.88. The maximum atomic E-state index is 11.3. The molecule has 1 aliphatic rings. The number of nitrogens with one attached hydrogen (secondary N) is 1. The Kier molecular flexibility index (Phi) is 5.65. The molecule has 17 heavy (non-hydrogen) atoms. The summed E-state index contributed by atoms with van der Waals surface area (Å²) in [6.45, 7) is 3.48. The number of carbonyl (C=O) groups is 1. The normalized spacial score (nSPS) is 18.6. The largest absolute Gasteiger partial charge is 0.466 e. The quantitative estimate of drug-likeness (QED) is 0.418. The summed E-state index contributed by atoms with van der Waals surface area (Å²) in [5.74, 6) is -0.237. The van der Waals surface area contributed by atoms with Gasteiger partial charge < -0.3 is 14.8 Å². The molecule has 1 aliphatic carbocycles. The minimum absolute atomic E-state index is 0.0332. The molecule has 0 spiro atoms. The SMILES string of the molecule is CCC(=CCNCC1(OC)CCC1)C(=O)OC. The molecule has 0 aromatic rings. The Balaban J connectivity index is 2.30. The second-order valence-corrected chi connectivity index (χ2v) is 4.45. The lowest BCUT2D eigenvalue weighted by Gasteiger charge is -2.40. The van der Waals surface area contributed by atoms with Gasteiger partial charge in [0, 0.05) is 25.8 Å².